The van der Waals surface area contributed by atoms with Gasteiger partial charge in [0.15, 0.2) is 0 Å². The highest BCUT2D eigenvalue weighted by molar-refractivity contribution is 8.77. The number of amides is 2. The molecular weight excluding hydrogens is 507 g/mol. The number of carboxylic acid groups (broad SMARTS) is 1. The summed E-state index contributed by atoms with van der Waals surface area (Å²) in [4.78, 5) is 49.0. The highest BCUT2D eigenvalue weighted by atomic mass is 33.1. The molecule has 2 unspecified atom stereocenters. The average Bonchev–Trinajstić information content (AvgIpc) is 3.10. The van der Waals surface area contributed by atoms with Crippen LogP contribution in [-0.2, 0) is 24.0 Å². The van der Waals surface area contributed by atoms with Crippen molar-refractivity contribution in [3.05, 3.63) is 0 Å². The van der Waals surface area contributed by atoms with Crippen molar-refractivity contribution in [2.45, 2.75) is 75.7 Å². The van der Waals surface area contributed by atoms with Crippen molar-refractivity contribution in [2.75, 3.05) is 12.5 Å². The molecule has 2 atom stereocenters. The Hall–Kier alpha value is -1.54. The normalized spacial score (nSPS) is 15.9. The summed E-state index contributed by atoms with van der Waals surface area (Å²) >= 11 is 0. The summed E-state index contributed by atoms with van der Waals surface area (Å²) in [6.45, 7) is 7.49. The minimum atomic E-state index is -0.849. The van der Waals surface area contributed by atoms with Gasteiger partial charge in [0.2, 0.25) is 0 Å². The zero-order chi connectivity index (χ0) is 26.1. The molecule has 0 aromatic heterocycles. The van der Waals surface area contributed by atoms with E-state index in [0.29, 0.717) is 17.9 Å². The number of carboxylic acids is 1. The molecule has 0 aromatic rings. The molecule has 9 nitrogen and oxygen atoms in total. The van der Waals surface area contributed by atoms with Gasteiger partial charge >= 0.3 is 11.9 Å². The number of hydroxylamine groups is 2. The molecule has 1 aliphatic rings. The minimum Gasteiger partial charge on any atom is -0.481 e. The van der Waals surface area contributed by atoms with Crippen LogP contribution >= 0.6 is 43.2 Å². The summed E-state index contributed by atoms with van der Waals surface area (Å²) < 4.78 is -1.27. The molecule has 0 bridgehead atoms. The Kier molecular flexibility index (Phi) is 18.2. The van der Waals surface area contributed by atoms with Gasteiger partial charge in [-0.15, -0.1) is 5.06 Å². The van der Waals surface area contributed by atoms with Crippen LogP contribution in [0.3, 0.4) is 0 Å². The van der Waals surface area contributed by atoms with E-state index in [9.17, 15) is 19.2 Å². The number of imide groups is 1. The van der Waals surface area contributed by atoms with E-state index in [2.05, 4.69) is 12.1 Å². The Labute approximate surface area is 211 Å². The highest BCUT2D eigenvalue weighted by Gasteiger charge is 2.33. The van der Waals surface area contributed by atoms with Gasteiger partial charge in [-0.05, 0) is 39.2 Å². The van der Waals surface area contributed by atoms with Crippen LogP contribution in [0.15, 0.2) is 0 Å². The standard InChI is InChI=1S/C11H14N2O4S2.C7H11NO2S2.C2H6/c1-11(7-12,19-18-2)6-5-10(16)17-13-8(14)3-4-9(13)15;1-7(5-8,12-11-2)4-3-6(9)10;1-2/h3-6H2,1-2H3;3-4H2,1-2H3,(H,9,10);1-2H3. The second kappa shape index (κ2) is 17.9. The summed E-state index contributed by atoms with van der Waals surface area (Å²) in [5, 5.41) is 26.7. The number of carbonyl (C=O) groups is 4. The SMILES string of the molecule is CC.CSSC(C)(C#N)CCC(=O)O.CSSC(C)(C#N)CCC(=O)ON1C(=O)CCC1=O. The van der Waals surface area contributed by atoms with Gasteiger partial charge in [-0.1, -0.05) is 57.0 Å². The van der Waals surface area contributed by atoms with Crippen LogP contribution in [0.4, 0.5) is 0 Å². The molecule has 186 valence electrons. The van der Waals surface area contributed by atoms with Gasteiger partial charge in [0.1, 0.15) is 9.49 Å². The monoisotopic (exact) mass is 537 g/mol. The van der Waals surface area contributed by atoms with Crippen LogP contribution in [0, 0.1) is 22.7 Å². The lowest BCUT2D eigenvalue weighted by Gasteiger charge is -2.19. The van der Waals surface area contributed by atoms with Crippen molar-refractivity contribution in [3.8, 4) is 12.1 Å². The topological polar surface area (TPSA) is 149 Å². The summed E-state index contributed by atoms with van der Waals surface area (Å²) in [7, 11) is 5.71. The lowest BCUT2D eigenvalue weighted by atomic mass is 10.1. The molecule has 0 aromatic carbocycles. The third-order valence-electron chi connectivity index (χ3n) is 3.83. The smallest absolute Gasteiger partial charge is 0.333 e. The maximum absolute atomic E-state index is 11.6. The van der Waals surface area contributed by atoms with Crippen molar-refractivity contribution in [3.63, 3.8) is 0 Å². The van der Waals surface area contributed by atoms with Crippen LogP contribution in [-0.4, -0.2) is 55.9 Å². The number of carbonyl (C=O) groups excluding carboxylic acids is 3. The summed E-state index contributed by atoms with van der Waals surface area (Å²) in [5.74, 6) is -2.52. The molecule has 1 fully saturated rings. The second-order valence-corrected chi connectivity index (χ2v) is 12.4. The molecule has 1 saturated heterocycles. The van der Waals surface area contributed by atoms with Gasteiger partial charge in [0.05, 0.1) is 18.6 Å². The number of hydrogen-bond acceptors (Lipinski definition) is 11. The average molecular weight is 538 g/mol. The first-order valence-corrected chi connectivity index (χ1v) is 15.1. The van der Waals surface area contributed by atoms with Gasteiger partial charge in [-0.2, -0.15) is 10.5 Å². The van der Waals surface area contributed by atoms with Crippen LogP contribution in [0.2, 0.25) is 0 Å². The molecule has 0 saturated carbocycles. The number of nitrogens with zero attached hydrogens (tertiary/aromatic N) is 3. The lowest BCUT2D eigenvalue weighted by molar-refractivity contribution is -0.197. The fourth-order valence-corrected chi connectivity index (χ4v) is 6.20. The van der Waals surface area contributed by atoms with E-state index in [1.807, 2.05) is 26.4 Å². The molecule has 0 spiro atoms. The van der Waals surface area contributed by atoms with E-state index in [4.69, 9.17) is 20.5 Å². The first-order chi connectivity index (χ1) is 15.5. The Morgan fingerprint density at radius 2 is 1.36 bits per heavy atom. The molecule has 1 rings (SSSR count). The zero-order valence-electron chi connectivity index (χ0n) is 19.7. The Morgan fingerprint density at radius 1 is 0.970 bits per heavy atom. The van der Waals surface area contributed by atoms with Crippen molar-refractivity contribution in [1.29, 1.82) is 10.5 Å². The van der Waals surface area contributed by atoms with Crippen LogP contribution in [0.1, 0.15) is 66.2 Å². The van der Waals surface area contributed by atoms with E-state index < -0.39 is 33.2 Å². The Bertz CT molecular complexity index is 739. The fourth-order valence-electron chi connectivity index (χ4n) is 2.09. The van der Waals surface area contributed by atoms with Crippen molar-refractivity contribution < 1.29 is 29.1 Å². The third-order valence-corrected chi connectivity index (χ3v) is 8.70. The maximum atomic E-state index is 11.6. The van der Waals surface area contributed by atoms with Gasteiger partial charge in [-0.25, -0.2) is 4.79 Å². The summed E-state index contributed by atoms with van der Waals surface area (Å²) in [6, 6.07) is 4.25. The van der Waals surface area contributed by atoms with Crippen molar-refractivity contribution >= 4 is 66.9 Å². The van der Waals surface area contributed by atoms with Crippen LogP contribution in [0.5, 0.6) is 0 Å². The van der Waals surface area contributed by atoms with Crippen molar-refractivity contribution in [2.24, 2.45) is 0 Å². The molecular formula is C20H31N3O6S4. The molecule has 13 heteroatoms. The fraction of sp³-hybridized carbons (Fsp3) is 0.700. The van der Waals surface area contributed by atoms with Crippen LogP contribution in [0.25, 0.3) is 0 Å². The molecule has 0 aliphatic carbocycles. The predicted octanol–water partition coefficient (Wildman–Crippen LogP) is 4.84. The van der Waals surface area contributed by atoms with Gasteiger partial charge in [0, 0.05) is 19.3 Å². The number of nitriles is 2. The van der Waals surface area contributed by atoms with E-state index >= 15 is 0 Å². The quantitative estimate of drug-likeness (QED) is 0.284. The second-order valence-electron chi connectivity index (χ2n) is 6.62. The highest BCUT2D eigenvalue weighted by Crippen LogP contribution is 2.37. The molecule has 0 radical (unpaired) electrons. The maximum Gasteiger partial charge on any atom is 0.333 e. The molecule has 1 aliphatic heterocycles. The van der Waals surface area contributed by atoms with Gasteiger partial charge < -0.3 is 9.94 Å². The third kappa shape index (κ3) is 14.4. The Balaban J connectivity index is 0. The molecule has 2 amide bonds. The van der Waals surface area contributed by atoms with E-state index in [-0.39, 0.29) is 25.7 Å². The zero-order valence-corrected chi connectivity index (χ0v) is 23.0. The van der Waals surface area contributed by atoms with Gasteiger partial charge in [0.25, 0.3) is 11.8 Å². The van der Waals surface area contributed by atoms with Crippen molar-refractivity contribution in [1.82, 2.24) is 5.06 Å². The number of hydrogen-bond donors (Lipinski definition) is 1. The predicted molar refractivity (Wildman–Crippen MR) is 135 cm³/mol. The number of rotatable bonds is 11. The van der Waals surface area contributed by atoms with Crippen LogP contribution < -0.4 is 0 Å². The van der Waals surface area contributed by atoms with E-state index in [0.717, 1.165) is 0 Å². The van der Waals surface area contributed by atoms with Gasteiger partial charge in [-0.3, -0.25) is 14.4 Å². The first kappa shape index (κ1) is 33.6. The van der Waals surface area contributed by atoms with E-state index in [1.165, 1.54) is 43.2 Å². The summed E-state index contributed by atoms with van der Waals surface area (Å²) in [5.41, 5.74) is 0. The lowest BCUT2D eigenvalue weighted by Crippen LogP contribution is -2.32. The van der Waals surface area contributed by atoms with E-state index in [1.54, 1.807) is 13.8 Å². The molecule has 33 heavy (non-hydrogen) atoms. The first-order valence-electron chi connectivity index (χ1n) is 10.0. The molecule has 1 N–H and O–H groups in total. The molecule has 1 heterocycles. The number of aliphatic carboxylic acids is 1. The summed E-state index contributed by atoms with van der Waals surface area (Å²) in [6.07, 6.45) is 4.59. The largest absolute Gasteiger partial charge is 0.481 e. The Morgan fingerprint density at radius 3 is 1.70 bits per heavy atom. The minimum absolute atomic E-state index is 0.0192.